The van der Waals surface area contributed by atoms with E-state index in [1.807, 2.05) is 0 Å². The second-order valence-electron chi connectivity index (χ2n) is 5.51. The first kappa shape index (κ1) is 13.2. The number of carbonyl (C=O) groups excluding carboxylic acids is 1. The normalized spacial score (nSPS) is 23.3. The Bertz CT molecular complexity index is 331. The maximum absolute atomic E-state index is 12.1. The lowest BCUT2D eigenvalue weighted by atomic mass is 9.77. The molecule has 5 nitrogen and oxygen atoms in total. The monoisotopic (exact) mass is 254 g/mol. The number of amides is 2. The summed E-state index contributed by atoms with van der Waals surface area (Å²) in [6.07, 6.45) is 5.21. The molecule has 0 aromatic carbocycles. The molecular weight excluding hydrogens is 232 g/mol. The zero-order valence-electron chi connectivity index (χ0n) is 10.9. The lowest BCUT2D eigenvalue weighted by Crippen LogP contribution is -2.62. The van der Waals surface area contributed by atoms with Crippen LogP contribution in [0.3, 0.4) is 0 Å². The first-order chi connectivity index (χ1) is 8.57. The van der Waals surface area contributed by atoms with E-state index >= 15 is 0 Å². The third kappa shape index (κ3) is 2.44. The van der Waals surface area contributed by atoms with Gasteiger partial charge in [-0.25, -0.2) is 9.59 Å². The largest absolute Gasteiger partial charge is 0.480 e. The summed E-state index contributed by atoms with van der Waals surface area (Å²) in [5, 5.41) is 11.9. The zero-order chi connectivity index (χ0) is 13.2. The van der Waals surface area contributed by atoms with Crippen LogP contribution in [0.2, 0.25) is 0 Å². The Labute approximate surface area is 108 Å². The van der Waals surface area contributed by atoms with Crippen LogP contribution in [0.15, 0.2) is 0 Å². The maximum atomic E-state index is 12.1. The zero-order valence-corrected chi connectivity index (χ0v) is 10.9. The van der Waals surface area contributed by atoms with Gasteiger partial charge in [-0.2, -0.15) is 0 Å². The molecule has 1 heterocycles. The Hall–Kier alpha value is -1.26. The van der Waals surface area contributed by atoms with Crippen molar-refractivity contribution in [3.63, 3.8) is 0 Å². The van der Waals surface area contributed by atoms with Crippen LogP contribution in [-0.2, 0) is 4.79 Å². The molecule has 2 fully saturated rings. The number of carbonyl (C=O) groups is 2. The van der Waals surface area contributed by atoms with Crippen molar-refractivity contribution >= 4 is 12.0 Å². The molecule has 2 rings (SSSR count). The van der Waals surface area contributed by atoms with Crippen LogP contribution in [0, 0.1) is 5.92 Å². The Kier molecular flexibility index (Phi) is 3.78. The van der Waals surface area contributed by atoms with Crippen molar-refractivity contribution in [1.29, 1.82) is 0 Å². The van der Waals surface area contributed by atoms with Gasteiger partial charge in [0.1, 0.15) is 5.54 Å². The predicted octanol–water partition coefficient (Wildman–Crippen LogP) is 1.83. The molecule has 18 heavy (non-hydrogen) atoms. The van der Waals surface area contributed by atoms with Gasteiger partial charge in [0.05, 0.1) is 0 Å². The van der Waals surface area contributed by atoms with Crippen molar-refractivity contribution in [2.45, 2.75) is 51.0 Å². The third-order valence-corrected chi connectivity index (χ3v) is 4.44. The number of carboxylic acids is 1. The Balaban J connectivity index is 1.87. The minimum Gasteiger partial charge on any atom is -0.480 e. The summed E-state index contributed by atoms with van der Waals surface area (Å²) in [7, 11) is 0. The smallest absolute Gasteiger partial charge is 0.329 e. The molecule has 2 N–H and O–H groups in total. The fourth-order valence-corrected chi connectivity index (χ4v) is 2.75. The molecule has 1 saturated heterocycles. The quantitative estimate of drug-likeness (QED) is 0.807. The number of hydrogen-bond donors (Lipinski definition) is 2. The number of hydrogen-bond acceptors (Lipinski definition) is 2. The fourth-order valence-electron chi connectivity index (χ4n) is 2.75. The highest BCUT2D eigenvalue weighted by atomic mass is 16.4. The van der Waals surface area contributed by atoms with Crippen molar-refractivity contribution in [1.82, 2.24) is 10.2 Å². The van der Waals surface area contributed by atoms with E-state index in [-0.39, 0.29) is 6.03 Å². The molecule has 1 saturated carbocycles. The van der Waals surface area contributed by atoms with Crippen LogP contribution in [0.1, 0.15) is 45.4 Å². The topological polar surface area (TPSA) is 69.6 Å². The van der Waals surface area contributed by atoms with Crippen molar-refractivity contribution in [2.75, 3.05) is 13.1 Å². The number of rotatable bonds is 3. The summed E-state index contributed by atoms with van der Waals surface area (Å²) in [5.74, 6) is -0.184. The molecule has 2 aliphatic rings. The Morgan fingerprint density at radius 3 is 2.33 bits per heavy atom. The van der Waals surface area contributed by atoms with Crippen molar-refractivity contribution in [2.24, 2.45) is 5.92 Å². The van der Waals surface area contributed by atoms with Crippen LogP contribution in [-0.4, -0.2) is 40.6 Å². The van der Waals surface area contributed by atoms with Gasteiger partial charge in [0.25, 0.3) is 0 Å². The van der Waals surface area contributed by atoms with Gasteiger partial charge < -0.3 is 15.3 Å². The van der Waals surface area contributed by atoms with Crippen LogP contribution < -0.4 is 5.32 Å². The Morgan fingerprint density at radius 2 is 1.94 bits per heavy atom. The van der Waals surface area contributed by atoms with Gasteiger partial charge in [0.2, 0.25) is 0 Å². The second-order valence-corrected chi connectivity index (χ2v) is 5.51. The number of likely N-dealkylation sites (tertiary alicyclic amines) is 1. The van der Waals surface area contributed by atoms with Gasteiger partial charge >= 0.3 is 12.0 Å². The maximum Gasteiger partial charge on any atom is 0.329 e. The minimum atomic E-state index is -0.987. The van der Waals surface area contributed by atoms with Gasteiger partial charge in [-0.05, 0) is 38.0 Å². The van der Waals surface area contributed by atoms with Crippen molar-refractivity contribution in [3.8, 4) is 0 Å². The van der Waals surface area contributed by atoms with E-state index < -0.39 is 11.5 Å². The first-order valence-corrected chi connectivity index (χ1v) is 6.88. The van der Waals surface area contributed by atoms with E-state index in [0.29, 0.717) is 18.8 Å². The molecule has 2 amide bonds. The van der Waals surface area contributed by atoms with Gasteiger partial charge in [-0.1, -0.05) is 13.3 Å². The molecule has 1 aliphatic heterocycles. The van der Waals surface area contributed by atoms with Crippen LogP contribution in [0.4, 0.5) is 4.79 Å². The van der Waals surface area contributed by atoms with Crippen molar-refractivity contribution in [3.05, 3.63) is 0 Å². The lowest BCUT2D eigenvalue weighted by Gasteiger charge is -2.41. The molecule has 0 unspecified atom stereocenters. The summed E-state index contributed by atoms with van der Waals surface area (Å²) in [6.45, 7) is 3.67. The standard InChI is InChI=1S/C13H22N2O3/c1-2-10-4-8-15(9-5-10)12(18)14-13(11(16)17)6-3-7-13/h10H,2-9H2,1H3,(H,14,18)(H,16,17). The highest BCUT2D eigenvalue weighted by molar-refractivity contribution is 5.87. The summed E-state index contributed by atoms with van der Waals surface area (Å²) in [6, 6.07) is -0.202. The van der Waals surface area contributed by atoms with E-state index in [1.54, 1.807) is 4.90 Å². The number of urea groups is 1. The van der Waals surface area contributed by atoms with E-state index in [1.165, 1.54) is 0 Å². The molecule has 0 bridgehead atoms. The average molecular weight is 254 g/mol. The average Bonchev–Trinajstić information content (AvgIpc) is 2.33. The van der Waals surface area contributed by atoms with Crippen LogP contribution in [0.5, 0.6) is 0 Å². The summed E-state index contributed by atoms with van der Waals surface area (Å²) in [4.78, 5) is 25.0. The number of piperidine rings is 1. The lowest BCUT2D eigenvalue weighted by molar-refractivity contribution is -0.148. The predicted molar refractivity (Wildman–Crippen MR) is 67.3 cm³/mol. The van der Waals surface area contributed by atoms with Crippen LogP contribution >= 0.6 is 0 Å². The number of nitrogens with one attached hydrogen (secondary N) is 1. The molecule has 0 aromatic rings. The second kappa shape index (κ2) is 5.16. The summed E-state index contributed by atoms with van der Waals surface area (Å²) >= 11 is 0. The molecule has 5 heteroatoms. The van der Waals surface area contributed by atoms with Crippen molar-refractivity contribution < 1.29 is 14.7 Å². The summed E-state index contributed by atoms with van der Waals surface area (Å²) in [5.41, 5.74) is -0.987. The fraction of sp³-hybridized carbons (Fsp3) is 0.846. The van der Waals surface area contributed by atoms with Gasteiger partial charge in [-0.3, -0.25) is 0 Å². The van der Waals surface area contributed by atoms with Gasteiger partial charge in [0, 0.05) is 13.1 Å². The molecule has 0 aromatic heterocycles. The van der Waals surface area contributed by atoms with E-state index in [4.69, 9.17) is 0 Å². The SMILES string of the molecule is CCC1CCN(C(=O)NC2(C(=O)O)CCC2)CC1. The van der Waals surface area contributed by atoms with Gasteiger partial charge in [0.15, 0.2) is 0 Å². The molecule has 102 valence electrons. The molecule has 0 spiro atoms. The number of carboxylic acid groups (broad SMARTS) is 1. The first-order valence-electron chi connectivity index (χ1n) is 6.88. The highest BCUT2D eigenvalue weighted by Crippen LogP contribution is 2.32. The van der Waals surface area contributed by atoms with E-state index in [0.717, 1.165) is 38.8 Å². The highest BCUT2D eigenvalue weighted by Gasteiger charge is 2.46. The van der Waals surface area contributed by atoms with E-state index in [9.17, 15) is 14.7 Å². The van der Waals surface area contributed by atoms with Gasteiger partial charge in [-0.15, -0.1) is 0 Å². The van der Waals surface area contributed by atoms with E-state index in [2.05, 4.69) is 12.2 Å². The Morgan fingerprint density at radius 1 is 1.33 bits per heavy atom. The third-order valence-electron chi connectivity index (χ3n) is 4.44. The molecule has 1 aliphatic carbocycles. The number of aliphatic carboxylic acids is 1. The minimum absolute atomic E-state index is 0.202. The summed E-state index contributed by atoms with van der Waals surface area (Å²) < 4.78 is 0. The van der Waals surface area contributed by atoms with Crippen LogP contribution in [0.25, 0.3) is 0 Å². The molecular formula is C13H22N2O3. The molecule has 0 radical (unpaired) electrons. The number of nitrogens with zero attached hydrogens (tertiary/aromatic N) is 1. The molecule has 0 atom stereocenters.